The number of carbonyl (C=O) groups excluding carboxylic acids is 1. The molecule has 0 radical (unpaired) electrons. The highest BCUT2D eigenvalue weighted by atomic mass is 35.5. The summed E-state index contributed by atoms with van der Waals surface area (Å²) in [6, 6.07) is 13.4. The van der Waals surface area contributed by atoms with Crippen molar-refractivity contribution in [1.29, 1.82) is 0 Å². The number of hydrogen-bond acceptors (Lipinski definition) is 4. The zero-order valence-electron chi connectivity index (χ0n) is 14.3. The summed E-state index contributed by atoms with van der Waals surface area (Å²) in [7, 11) is 0. The van der Waals surface area contributed by atoms with Crippen LogP contribution in [0.4, 0.5) is 5.82 Å². The Morgan fingerprint density at radius 2 is 2.07 bits per heavy atom. The smallest absolute Gasteiger partial charge is 0.231 e. The maximum Gasteiger partial charge on any atom is 0.231 e. The highest BCUT2D eigenvalue weighted by Crippen LogP contribution is 2.38. The summed E-state index contributed by atoms with van der Waals surface area (Å²) < 4.78 is 12.6. The zero-order valence-corrected chi connectivity index (χ0v) is 15.1. The molecule has 7 heteroatoms. The molecule has 0 saturated carbocycles. The van der Waals surface area contributed by atoms with Crippen molar-refractivity contribution in [3.8, 4) is 11.5 Å². The van der Waals surface area contributed by atoms with Gasteiger partial charge in [0.2, 0.25) is 12.7 Å². The number of hydrogen-bond donors (Lipinski definition) is 1. The van der Waals surface area contributed by atoms with Gasteiger partial charge in [-0.2, -0.15) is 5.10 Å². The second-order valence-corrected chi connectivity index (χ2v) is 7.09. The van der Waals surface area contributed by atoms with Crippen molar-refractivity contribution in [2.24, 2.45) is 0 Å². The fourth-order valence-corrected chi connectivity index (χ4v) is 3.82. The standard InChI is InChI=1S/C20H16ClN3O3/c21-14-3-1-2-13(7-14)15-8-19(25)23-20-16(15)9-22-24(20)10-12-4-5-17-18(6-12)27-11-26-17/h1-7,9,15H,8,10-11H2,(H,23,25). The first-order valence-electron chi connectivity index (χ1n) is 8.67. The van der Waals surface area contributed by atoms with Gasteiger partial charge in [0.15, 0.2) is 11.5 Å². The lowest BCUT2D eigenvalue weighted by atomic mass is 9.87. The Kier molecular flexibility index (Phi) is 3.79. The maximum atomic E-state index is 12.3. The third-order valence-electron chi connectivity index (χ3n) is 4.91. The third-order valence-corrected chi connectivity index (χ3v) is 5.15. The van der Waals surface area contributed by atoms with E-state index < -0.39 is 0 Å². The van der Waals surface area contributed by atoms with Gasteiger partial charge in [-0.25, -0.2) is 4.68 Å². The number of carbonyl (C=O) groups is 1. The summed E-state index contributed by atoms with van der Waals surface area (Å²) in [5.74, 6) is 2.12. The van der Waals surface area contributed by atoms with Crippen LogP contribution >= 0.6 is 11.6 Å². The Morgan fingerprint density at radius 3 is 2.96 bits per heavy atom. The predicted molar refractivity (Wildman–Crippen MR) is 100 cm³/mol. The number of halogens is 1. The Hall–Kier alpha value is -2.99. The number of rotatable bonds is 3. The topological polar surface area (TPSA) is 65.4 Å². The van der Waals surface area contributed by atoms with Crippen molar-refractivity contribution in [2.45, 2.75) is 18.9 Å². The summed E-state index contributed by atoms with van der Waals surface area (Å²) in [5, 5.41) is 8.14. The molecular weight excluding hydrogens is 366 g/mol. The number of aromatic nitrogens is 2. The summed E-state index contributed by atoms with van der Waals surface area (Å²) >= 11 is 6.14. The number of ether oxygens (including phenoxy) is 2. The molecule has 27 heavy (non-hydrogen) atoms. The van der Waals surface area contributed by atoms with Crippen LogP contribution in [0.15, 0.2) is 48.7 Å². The fourth-order valence-electron chi connectivity index (χ4n) is 3.62. The molecule has 1 aromatic heterocycles. The molecule has 1 unspecified atom stereocenters. The lowest BCUT2D eigenvalue weighted by Crippen LogP contribution is -2.25. The quantitative estimate of drug-likeness (QED) is 0.749. The van der Waals surface area contributed by atoms with E-state index in [1.165, 1.54) is 0 Å². The first kappa shape index (κ1) is 16.2. The zero-order chi connectivity index (χ0) is 18.4. The molecule has 0 saturated heterocycles. The van der Waals surface area contributed by atoms with Gasteiger partial charge in [-0.15, -0.1) is 0 Å². The molecule has 3 heterocycles. The minimum absolute atomic E-state index is 0.0279. The van der Waals surface area contributed by atoms with Gasteiger partial charge in [-0.1, -0.05) is 29.8 Å². The number of fused-ring (bicyclic) bond motifs is 2. The molecule has 2 aliphatic rings. The first-order valence-corrected chi connectivity index (χ1v) is 9.05. The minimum Gasteiger partial charge on any atom is -0.454 e. The second kappa shape index (κ2) is 6.32. The number of anilines is 1. The summed E-state index contributed by atoms with van der Waals surface area (Å²) in [4.78, 5) is 12.3. The monoisotopic (exact) mass is 381 g/mol. The van der Waals surface area contributed by atoms with Crippen LogP contribution in [0.1, 0.15) is 29.0 Å². The lowest BCUT2D eigenvalue weighted by Gasteiger charge is -2.24. The molecule has 6 nitrogen and oxygen atoms in total. The molecule has 0 aliphatic carbocycles. The second-order valence-electron chi connectivity index (χ2n) is 6.65. The fraction of sp³-hybridized carbons (Fsp3) is 0.200. The third kappa shape index (κ3) is 2.92. The lowest BCUT2D eigenvalue weighted by molar-refractivity contribution is -0.116. The van der Waals surface area contributed by atoms with Crippen molar-refractivity contribution >= 4 is 23.3 Å². The van der Waals surface area contributed by atoms with Crippen LogP contribution < -0.4 is 14.8 Å². The number of nitrogens with one attached hydrogen (secondary N) is 1. The van der Waals surface area contributed by atoms with Gasteiger partial charge in [0.1, 0.15) is 5.82 Å². The summed E-state index contributed by atoms with van der Waals surface area (Å²) in [6.45, 7) is 0.766. The van der Waals surface area contributed by atoms with Crippen LogP contribution in [0.2, 0.25) is 5.02 Å². The summed E-state index contributed by atoms with van der Waals surface area (Å²) in [6.07, 6.45) is 2.20. The van der Waals surface area contributed by atoms with Crippen molar-refractivity contribution in [1.82, 2.24) is 9.78 Å². The van der Waals surface area contributed by atoms with Crippen LogP contribution in [-0.4, -0.2) is 22.5 Å². The minimum atomic E-state index is -0.0575. The van der Waals surface area contributed by atoms with Crippen molar-refractivity contribution in [3.63, 3.8) is 0 Å². The Bertz CT molecular complexity index is 1050. The molecule has 0 spiro atoms. The van der Waals surface area contributed by atoms with Crippen molar-refractivity contribution < 1.29 is 14.3 Å². The molecule has 1 N–H and O–H groups in total. The number of nitrogens with zero attached hydrogens (tertiary/aromatic N) is 2. The van der Waals surface area contributed by atoms with Crippen LogP contribution in [0, 0.1) is 0 Å². The Labute approximate surface area is 160 Å². The van der Waals surface area contributed by atoms with E-state index in [0.29, 0.717) is 18.0 Å². The van der Waals surface area contributed by atoms with E-state index in [0.717, 1.165) is 34.0 Å². The molecule has 2 aliphatic heterocycles. The average molecular weight is 382 g/mol. The average Bonchev–Trinajstić information content (AvgIpc) is 3.28. The highest BCUT2D eigenvalue weighted by molar-refractivity contribution is 6.30. The van der Waals surface area contributed by atoms with E-state index >= 15 is 0 Å². The molecule has 1 atom stereocenters. The Balaban J connectivity index is 1.49. The van der Waals surface area contributed by atoms with E-state index in [1.54, 1.807) is 0 Å². The molecule has 3 aromatic rings. The number of amides is 1. The first-order chi connectivity index (χ1) is 13.2. The van der Waals surface area contributed by atoms with Crippen LogP contribution in [0.3, 0.4) is 0 Å². The predicted octanol–water partition coefficient (Wildman–Crippen LogP) is 3.79. The molecule has 0 fully saturated rings. The van der Waals surface area contributed by atoms with Gasteiger partial charge in [-0.05, 0) is 35.4 Å². The Morgan fingerprint density at radius 1 is 1.19 bits per heavy atom. The van der Waals surface area contributed by atoms with Crippen LogP contribution in [0.5, 0.6) is 11.5 Å². The van der Waals surface area contributed by atoms with Gasteiger partial charge in [0.05, 0.1) is 12.7 Å². The molecular formula is C20H16ClN3O3. The van der Waals surface area contributed by atoms with Gasteiger partial charge >= 0.3 is 0 Å². The van der Waals surface area contributed by atoms with E-state index in [4.69, 9.17) is 21.1 Å². The van der Waals surface area contributed by atoms with E-state index in [-0.39, 0.29) is 18.6 Å². The molecule has 1 amide bonds. The molecule has 0 bridgehead atoms. The van der Waals surface area contributed by atoms with Gasteiger partial charge in [-0.3, -0.25) is 4.79 Å². The molecule has 136 valence electrons. The van der Waals surface area contributed by atoms with E-state index in [9.17, 15) is 4.79 Å². The van der Waals surface area contributed by atoms with Gasteiger partial charge in [0.25, 0.3) is 0 Å². The van der Waals surface area contributed by atoms with E-state index in [1.807, 2.05) is 53.3 Å². The van der Waals surface area contributed by atoms with E-state index in [2.05, 4.69) is 10.4 Å². The largest absolute Gasteiger partial charge is 0.454 e. The highest BCUT2D eigenvalue weighted by Gasteiger charge is 2.30. The summed E-state index contributed by atoms with van der Waals surface area (Å²) in [5.41, 5.74) is 3.03. The van der Waals surface area contributed by atoms with Crippen molar-refractivity contribution in [3.05, 3.63) is 70.4 Å². The normalized spacial score (nSPS) is 17.5. The SMILES string of the molecule is O=C1CC(c2cccc(Cl)c2)c2cnn(Cc3ccc4c(c3)OCO4)c2N1. The molecule has 5 rings (SSSR count). The maximum absolute atomic E-state index is 12.3. The van der Waals surface area contributed by atoms with Crippen LogP contribution in [0.25, 0.3) is 0 Å². The van der Waals surface area contributed by atoms with Crippen molar-refractivity contribution in [2.75, 3.05) is 12.1 Å². The van der Waals surface area contributed by atoms with Gasteiger partial charge < -0.3 is 14.8 Å². The number of benzene rings is 2. The van der Waals surface area contributed by atoms with Gasteiger partial charge in [0, 0.05) is 22.9 Å². The van der Waals surface area contributed by atoms with Crippen LogP contribution in [-0.2, 0) is 11.3 Å². The molecule has 2 aromatic carbocycles.